The third-order valence-corrected chi connectivity index (χ3v) is 5.12. The highest BCUT2D eigenvalue weighted by molar-refractivity contribution is 6.06. The Kier molecular flexibility index (Phi) is 3.84. The fourth-order valence-corrected chi connectivity index (χ4v) is 3.71. The molecule has 0 aromatic heterocycles. The molecule has 2 nitrogen and oxygen atoms in total. The SMILES string of the molecule is Cc1cccc(C(=O)Oc2cccc3cc4cc5ccccc5cc4cc23)c1. The molecule has 0 saturated heterocycles. The van der Waals surface area contributed by atoms with Gasteiger partial charge in [-0.05, 0) is 76.3 Å². The Morgan fingerprint density at radius 2 is 1.29 bits per heavy atom. The van der Waals surface area contributed by atoms with Gasteiger partial charge in [0.25, 0.3) is 0 Å². The standard InChI is InChI=1S/C26H18O2/c1-17-6-4-10-21(12-17)26(27)28-25-11-5-9-20-15-22-13-18-7-2-3-8-19(18)14-23(22)16-24(20)25/h2-16H,1H3. The summed E-state index contributed by atoms with van der Waals surface area (Å²) in [6, 6.07) is 30.3. The van der Waals surface area contributed by atoms with Gasteiger partial charge in [0.2, 0.25) is 0 Å². The van der Waals surface area contributed by atoms with Crippen LogP contribution in [0, 0.1) is 6.92 Å². The second kappa shape index (κ2) is 6.50. The normalized spacial score (nSPS) is 11.2. The molecule has 0 aliphatic heterocycles. The van der Waals surface area contributed by atoms with Gasteiger partial charge >= 0.3 is 5.97 Å². The van der Waals surface area contributed by atoms with Crippen molar-refractivity contribution in [2.24, 2.45) is 0 Å². The number of hydrogen-bond acceptors (Lipinski definition) is 2. The lowest BCUT2D eigenvalue weighted by Gasteiger charge is -2.10. The summed E-state index contributed by atoms with van der Waals surface area (Å²) in [5.74, 6) is 0.244. The maximum absolute atomic E-state index is 12.6. The molecule has 28 heavy (non-hydrogen) atoms. The van der Waals surface area contributed by atoms with E-state index in [0.717, 1.165) is 21.7 Å². The number of fused-ring (bicyclic) bond motifs is 3. The highest BCUT2D eigenvalue weighted by Crippen LogP contribution is 2.32. The first-order valence-corrected chi connectivity index (χ1v) is 9.31. The van der Waals surface area contributed by atoms with Gasteiger partial charge in [-0.15, -0.1) is 0 Å². The number of benzene rings is 5. The van der Waals surface area contributed by atoms with E-state index in [9.17, 15) is 4.79 Å². The number of ether oxygens (including phenoxy) is 1. The molecule has 134 valence electrons. The zero-order chi connectivity index (χ0) is 19.1. The van der Waals surface area contributed by atoms with Crippen LogP contribution < -0.4 is 4.74 Å². The van der Waals surface area contributed by atoms with Crippen LogP contribution in [-0.4, -0.2) is 5.97 Å². The van der Waals surface area contributed by atoms with Gasteiger partial charge in [-0.3, -0.25) is 0 Å². The number of esters is 1. The predicted molar refractivity (Wildman–Crippen MR) is 115 cm³/mol. The number of aryl methyl sites for hydroxylation is 1. The van der Waals surface area contributed by atoms with Crippen molar-refractivity contribution < 1.29 is 9.53 Å². The molecule has 0 fully saturated rings. The quantitative estimate of drug-likeness (QED) is 0.199. The summed E-state index contributed by atoms with van der Waals surface area (Å²) in [6.45, 7) is 1.96. The number of carbonyl (C=O) groups is 1. The number of carbonyl (C=O) groups excluding carboxylic acids is 1. The number of rotatable bonds is 2. The van der Waals surface area contributed by atoms with Crippen LogP contribution in [0.1, 0.15) is 15.9 Å². The Morgan fingerprint density at radius 1 is 0.643 bits per heavy atom. The molecule has 0 aliphatic carbocycles. The predicted octanol–water partition coefficient (Wildman–Crippen LogP) is 6.67. The fourth-order valence-electron chi connectivity index (χ4n) is 3.71. The smallest absolute Gasteiger partial charge is 0.343 e. The molecule has 0 bridgehead atoms. The Hall–Kier alpha value is -3.65. The van der Waals surface area contributed by atoms with E-state index in [0.29, 0.717) is 11.3 Å². The van der Waals surface area contributed by atoms with Crippen LogP contribution in [0.3, 0.4) is 0 Å². The van der Waals surface area contributed by atoms with Gasteiger partial charge in [0, 0.05) is 5.39 Å². The van der Waals surface area contributed by atoms with Gasteiger partial charge in [0.05, 0.1) is 5.56 Å². The van der Waals surface area contributed by atoms with Crippen molar-refractivity contribution >= 4 is 38.3 Å². The Bertz CT molecular complexity index is 1370. The van der Waals surface area contributed by atoms with E-state index in [4.69, 9.17) is 4.74 Å². The summed E-state index contributed by atoms with van der Waals surface area (Å²) < 4.78 is 5.77. The van der Waals surface area contributed by atoms with E-state index < -0.39 is 0 Å². The lowest BCUT2D eigenvalue weighted by atomic mass is 9.99. The van der Waals surface area contributed by atoms with Crippen molar-refractivity contribution in [2.45, 2.75) is 6.92 Å². The lowest BCUT2D eigenvalue weighted by Crippen LogP contribution is -2.08. The Balaban J connectivity index is 1.63. The second-order valence-electron chi connectivity index (χ2n) is 7.14. The van der Waals surface area contributed by atoms with Gasteiger partial charge in [0.1, 0.15) is 5.75 Å². The van der Waals surface area contributed by atoms with Crippen molar-refractivity contribution in [1.82, 2.24) is 0 Å². The second-order valence-corrected chi connectivity index (χ2v) is 7.14. The molecule has 5 aromatic rings. The summed E-state index contributed by atoms with van der Waals surface area (Å²) in [6.07, 6.45) is 0. The van der Waals surface area contributed by atoms with Gasteiger partial charge in [-0.1, -0.05) is 54.1 Å². The zero-order valence-corrected chi connectivity index (χ0v) is 15.5. The molecule has 0 heterocycles. The molecule has 0 saturated carbocycles. The first-order valence-electron chi connectivity index (χ1n) is 9.31. The first kappa shape index (κ1) is 16.5. The molecule has 0 radical (unpaired) electrons. The van der Waals surface area contributed by atoms with Crippen molar-refractivity contribution in [2.75, 3.05) is 0 Å². The van der Waals surface area contributed by atoms with Crippen molar-refractivity contribution in [3.63, 3.8) is 0 Å². The number of hydrogen-bond donors (Lipinski definition) is 0. The summed E-state index contributed by atoms with van der Waals surface area (Å²) in [5, 5.41) is 6.71. The largest absolute Gasteiger partial charge is 0.422 e. The maximum atomic E-state index is 12.6. The van der Waals surface area contributed by atoms with Crippen molar-refractivity contribution in [3.8, 4) is 5.75 Å². The highest BCUT2D eigenvalue weighted by Gasteiger charge is 2.12. The van der Waals surface area contributed by atoms with Crippen molar-refractivity contribution in [3.05, 3.63) is 102 Å². The molecule has 5 aromatic carbocycles. The Morgan fingerprint density at radius 3 is 2.04 bits per heavy atom. The van der Waals surface area contributed by atoms with Crippen LogP contribution >= 0.6 is 0 Å². The minimum absolute atomic E-state index is 0.338. The molecule has 0 aliphatic rings. The van der Waals surface area contributed by atoms with E-state index >= 15 is 0 Å². The van der Waals surface area contributed by atoms with E-state index in [1.54, 1.807) is 6.07 Å². The van der Waals surface area contributed by atoms with Crippen LogP contribution in [0.2, 0.25) is 0 Å². The summed E-state index contributed by atoms with van der Waals surface area (Å²) in [7, 11) is 0. The molecular weight excluding hydrogens is 344 g/mol. The monoisotopic (exact) mass is 362 g/mol. The molecule has 2 heteroatoms. The highest BCUT2D eigenvalue weighted by atomic mass is 16.5. The van der Waals surface area contributed by atoms with Gasteiger partial charge < -0.3 is 4.74 Å². The molecular formula is C26H18O2. The topological polar surface area (TPSA) is 26.3 Å². The summed E-state index contributed by atoms with van der Waals surface area (Å²) in [4.78, 5) is 12.6. The van der Waals surface area contributed by atoms with E-state index in [2.05, 4.69) is 42.5 Å². The molecule has 0 N–H and O–H groups in total. The first-order chi connectivity index (χ1) is 13.7. The van der Waals surface area contributed by atoms with Crippen LogP contribution in [0.15, 0.2) is 91.0 Å². The lowest BCUT2D eigenvalue weighted by molar-refractivity contribution is 0.0737. The van der Waals surface area contributed by atoms with Crippen molar-refractivity contribution in [1.29, 1.82) is 0 Å². The molecule has 0 amide bonds. The average molecular weight is 362 g/mol. The van der Waals surface area contributed by atoms with E-state index in [1.165, 1.54) is 16.2 Å². The fraction of sp³-hybridized carbons (Fsp3) is 0.0385. The maximum Gasteiger partial charge on any atom is 0.343 e. The average Bonchev–Trinajstić information content (AvgIpc) is 2.71. The van der Waals surface area contributed by atoms with Crippen LogP contribution in [0.4, 0.5) is 0 Å². The molecule has 0 unspecified atom stereocenters. The van der Waals surface area contributed by atoms with Crippen LogP contribution in [-0.2, 0) is 0 Å². The van der Waals surface area contributed by atoms with Gasteiger partial charge in [-0.2, -0.15) is 0 Å². The molecule has 0 atom stereocenters. The van der Waals surface area contributed by atoms with Crippen LogP contribution in [0.25, 0.3) is 32.3 Å². The third kappa shape index (κ3) is 2.89. The van der Waals surface area contributed by atoms with E-state index in [-0.39, 0.29) is 5.97 Å². The van der Waals surface area contributed by atoms with E-state index in [1.807, 2.05) is 49.4 Å². The summed E-state index contributed by atoms with van der Waals surface area (Å²) in [5.41, 5.74) is 1.59. The molecule has 5 rings (SSSR count). The summed E-state index contributed by atoms with van der Waals surface area (Å²) >= 11 is 0. The minimum Gasteiger partial charge on any atom is -0.422 e. The Labute approximate surface area is 163 Å². The van der Waals surface area contributed by atoms with Gasteiger partial charge in [0.15, 0.2) is 0 Å². The zero-order valence-electron chi connectivity index (χ0n) is 15.5. The van der Waals surface area contributed by atoms with Crippen LogP contribution in [0.5, 0.6) is 5.75 Å². The molecule has 0 spiro atoms. The minimum atomic E-state index is -0.338. The third-order valence-electron chi connectivity index (χ3n) is 5.12. The van der Waals surface area contributed by atoms with Gasteiger partial charge in [-0.25, -0.2) is 4.79 Å².